The number of carbonyl (C=O) groups is 3. The minimum absolute atomic E-state index is 0.0613. The van der Waals surface area contributed by atoms with Gasteiger partial charge in [0, 0.05) is 19.3 Å². The molecule has 0 radical (unpaired) electrons. The predicted octanol–water partition coefficient (Wildman–Crippen LogP) is 20.6. The standard InChI is InChI=1S/C62H120O6/c1-5-7-9-11-13-15-17-19-21-22-23-26-30-34-38-42-46-50-54-61(64)67-57-59(56-66-60(63)53-49-45-41-37-33-29-20-18-16-14-12-10-8-6-2)68-62(65)55-51-47-43-39-35-31-27-24-25-28-32-36-40-44-48-52-58(3)4/h58-59H,5-57H2,1-4H3/t59-/m1/s1. The van der Waals surface area contributed by atoms with E-state index in [-0.39, 0.29) is 31.1 Å². The summed E-state index contributed by atoms with van der Waals surface area (Å²) >= 11 is 0. The lowest BCUT2D eigenvalue weighted by molar-refractivity contribution is -0.167. The zero-order valence-electron chi connectivity index (χ0n) is 46.6. The normalized spacial score (nSPS) is 12.0. The van der Waals surface area contributed by atoms with E-state index in [1.807, 2.05) is 0 Å². The SMILES string of the molecule is CCCCCCCCCCCCCCCCCCCCC(=O)OC[C@@H](COC(=O)CCCCCCCCCCCCCCCC)OC(=O)CCCCCCCCCCCCCCCCCC(C)C. The van der Waals surface area contributed by atoms with E-state index in [2.05, 4.69) is 27.7 Å². The van der Waals surface area contributed by atoms with Crippen molar-refractivity contribution in [3.63, 3.8) is 0 Å². The highest BCUT2D eigenvalue weighted by molar-refractivity contribution is 5.71. The number of esters is 3. The number of rotatable bonds is 57. The van der Waals surface area contributed by atoms with Crippen LogP contribution in [0.2, 0.25) is 0 Å². The van der Waals surface area contributed by atoms with Gasteiger partial charge in [-0.25, -0.2) is 0 Å². The molecule has 0 aliphatic rings. The Morgan fingerprint density at radius 3 is 0.721 bits per heavy atom. The van der Waals surface area contributed by atoms with Gasteiger partial charge in [0.1, 0.15) is 13.2 Å². The summed E-state index contributed by atoms with van der Waals surface area (Å²) < 4.78 is 16.9. The van der Waals surface area contributed by atoms with Gasteiger partial charge in [0.2, 0.25) is 0 Å². The third-order valence-electron chi connectivity index (χ3n) is 14.3. The highest BCUT2D eigenvalue weighted by atomic mass is 16.6. The molecule has 6 nitrogen and oxygen atoms in total. The van der Waals surface area contributed by atoms with Crippen molar-refractivity contribution in [1.82, 2.24) is 0 Å². The Morgan fingerprint density at radius 2 is 0.485 bits per heavy atom. The van der Waals surface area contributed by atoms with Crippen LogP contribution in [0, 0.1) is 5.92 Å². The van der Waals surface area contributed by atoms with Gasteiger partial charge in [-0.15, -0.1) is 0 Å². The second-order valence-electron chi connectivity index (χ2n) is 21.8. The maximum absolute atomic E-state index is 12.9. The van der Waals surface area contributed by atoms with Crippen LogP contribution in [-0.4, -0.2) is 37.2 Å². The number of carbonyl (C=O) groups excluding carboxylic acids is 3. The first-order chi connectivity index (χ1) is 33.4. The summed E-state index contributed by atoms with van der Waals surface area (Å²) in [6.07, 6.45) is 62.4. The Kier molecular flexibility index (Phi) is 55.0. The van der Waals surface area contributed by atoms with E-state index in [9.17, 15) is 14.4 Å². The van der Waals surface area contributed by atoms with Crippen LogP contribution in [0.15, 0.2) is 0 Å². The van der Waals surface area contributed by atoms with Gasteiger partial charge in [0.25, 0.3) is 0 Å². The molecule has 0 aliphatic heterocycles. The number of hydrogen-bond acceptors (Lipinski definition) is 6. The molecule has 1 atom stereocenters. The van der Waals surface area contributed by atoms with E-state index >= 15 is 0 Å². The molecular weight excluding hydrogens is 841 g/mol. The monoisotopic (exact) mass is 961 g/mol. The minimum Gasteiger partial charge on any atom is -0.462 e. The molecule has 0 saturated carbocycles. The Labute approximate surface area is 425 Å². The van der Waals surface area contributed by atoms with E-state index in [4.69, 9.17) is 14.2 Å². The number of unbranched alkanes of at least 4 members (excludes halogenated alkanes) is 44. The van der Waals surface area contributed by atoms with Gasteiger partial charge in [-0.3, -0.25) is 14.4 Å². The molecular formula is C62H120O6. The fraction of sp³-hybridized carbons (Fsp3) is 0.952. The first-order valence-corrected chi connectivity index (χ1v) is 30.9. The van der Waals surface area contributed by atoms with Crippen molar-refractivity contribution >= 4 is 17.9 Å². The summed E-state index contributed by atoms with van der Waals surface area (Å²) in [5, 5.41) is 0. The van der Waals surface area contributed by atoms with Crippen molar-refractivity contribution in [3.05, 3.63) is 0 Å². The fourth-order valence-corrected chi connectivity index (χ4v) is 9.63. The molecule has 0 amide bonds. The van der Waals surface area contributed by atoms with Gasteiger partial charge in [0.05, 0.1) is 0 Å². The van der Waals surface area contributed by atoms with Gasteiger partial charge in [-0.2, -0.15) is 0 Å². The average Bonchev–Trinajstić information content (AvgIpc) is 3.32. The molecule has 404 valence electrons. The predicted molar refractivity (Wildman–Crippen MR) is 293 cm³/mol. The molecule has 0 aromatic rings. The molecule has 0 N–H and O–H groups in total. The highest BCUT2D eigenvalue weighted by Gasteiger charge is 2.19. The molecule has 0 aliphatic carbocycles. The quantitative estimate of drug-likeness (QED) is 0.0343. The van der Waals surface area contributed by atoms with E-state index in [0.29, 0.717) is 19.3 Å². The lowest BCUT2D eigenvalue weighted by Gasteiger charge is -2.18. The molecule has 0 aromatic heterocycles. The van der Waals surface area contributed by atoms with E-state index in [1.165, 1.54) is 250 Å². The summed E-state index contributed by atoms with van der Waals surface area (Å²) in [7, 11) is 0. The second kappa shape index (κ2) is 56.3. The number of hydrogen-bond donors (Lipinski definition) is 0. The topological polar surface area (TPSA) is 78.9 Å². The lowest BCUT2D eigenvalue weighted by atomic mass is 10.0. The summed E-state index contributed by atoms with van der Waals surface area (Å²) in [6.45, 7) is 9.09. The largest absolute Gasteiger partial charge is 0.462 e. The summed E-state index contributed by atoms with van der Waals surface area (Å²) in [4.78, 5) is 38.2. The average molecular weight is 962 g/mol. The minimum atomic E-state index is -0.762. The summed E-state index contributed by atoms with van der Waals surface area (Å²) in [6, 6.07) is 0. The fourth-order valence-electron chi connectivity index (χ4n) is 9.63. The van der Waals surface area contributed by atoms with Crippen LogP contribution >= 0.6 is 0 Å². The van der Waals surface area contributed by atoms with Crippen molar-refractivity contribution in [3.8, 4) is 0 Å². The zero-order chi connectivity index (χ0) is 49.5. The van der Waals surface area contributed by atoms with Crippen molar-refractivity contribution in [2.24, 2.45) is 5.92 Å². The van der Waals surface area contributed by atoms with Crippen molar-refractivity contribution in [2.75, 3.05) is 13.2 Å². The Morgan fingerprint density at radius 1 is 0.279 bits per heavy atom. The molecule has 0 unspecified atom stereocenters. The highest BCUT2D eigenvalue weighted by Crippen LogP contribution is 2.18. The van der Waals surface area contributed by atoms with Gasteiger partial charge in [-0.1, -0.05) is 317 Å². The Balaban J connectivity index is 4.28. The molecule has 0 rings (SSSR count). The smallest absolute Gasteiger partial charge is 0.306 e. The molecule has 0 aromatic carbocycles. The lowest BCUT2D eigenvalue weighted by Crippen LogP contribution is -2.30. The van der Waals surface area contributed by atoms with Crippen molar-refractivity contribution < 1.29 is 28.6 Å². The van der Waals surface area contributed by atoms with Crippen LogP contribution in [0.25, 0.3) is 0 Å². The molecule has 0 saturated heterocycles. The molecule has 0 fully saturated rings. The third-order valence-corrected chi connectivity index (χ3v) is 14.3. The van der Waals surface area contributed by atoms with Crippen LogP contribution in [0.4, 0.5) is 0 Å². The molecule has 68 heavy (non-hydrogen) atoms. The van der Waals surface area contributed by atoms with Gasteiger partial charge >= 0.3 is 17.9 Å². The van der Waals surface area contributed by atoms with E-state index < -0.39 is 6.10 Å². The molecule has 0 heterocycles. The Hall–Kier alpha value is -1.59. The summed E-state index contributed by atoms with van der Waals surface area (Å²) in [5.41, 5.74) is 0. The molecule has 0 spiro atoms. The first kappa shape index (κ1) is 66.4. The van der Waals surface area contributed by atoms with Gasteiger partial charge < -0.3 is 14.2 Å². The first-order valence-electron chi connectivity index (χ1n) is 30.9. The molecule has 0 bridgehead atoms. The zero-order valence-corrected chi connectivity index (χ0v) is 46.6. The summed E-state index contributed by atoms with van der Waals surface area (Å²) in [5.74, 6) is 0.0181. The maximum atomic E-state index is 12.9. The van der Waals surface area contributed by atoms with E-state index in [0.717, 1.165) is 63.7 Å². The van der Waals surface area contributed by atoms with Crippen molar-refractivity contribution in [2.45, 2.75) is 361 Å². The molecule has 6 heteroatoms. The maximum Gasteiger partial charge on any atom is 0.306 e. The van der Waals surface area contributed by atoms with Crippen LogP contribution in [0.1, 0.15) is 355 Å². The Bertz CT molecular complexity index is 1030. The van der Waals surface area contributed by atoms with Crippen LogP contribution < -0.4 is 0 Å². The van der Waals surface area contributed by atoms with Gasteiger partial charge in [-0.05, 0) is 25.2 Å². The van der Waals surface area contributed by atoms with Gasteiger partial charge in [0.15, 0.2) is 6.10 Å². The second-order valence-corrected chi connectivity index (χ2v) is 21.8. The third kappa shape index (κ3) is 55.3. The van der Waals surface area contributed by atoms with Crippen LogP contribution in [0.5, 0.6) is 0 Å². The van der Waals surface area contributed by atoms with Crippen LogP contribution in [-0.2, 0) is 28.6 Å². The van der Waals surface area contributed by atoms with Crippen molar-refractivity contribution in [1.29, 1.82) is 0 Å². The van der Waals surface area contributed by atoms with E-state index in [1.54, 1.807) is 0 Å². The number of ether oxygens (including phenoxy) is 3. The van der Waals surface area contributed by atoms with Crippen LogP contribution in [0.3, 0.4) is 0 Å².